The van der Waals surface area contributed by atoms with Crippen molar-refractivity contribution in [2.24, 2.45) is 10.7 Å². The van der Waals surface area contributed by atoms with E-state index in [1.807, 2.05) is 0 Å². The first-order chi connectivity index (χ1) is 5.13. The molecule has 11 heavy (non-hydrogen) atoms. The van der Waals surface area contributed by atoms with Gasteiger partial charge in [-0.2, -0.15) is 0 Å². The van der Waals surface area contributed by atoms with Crippen LogP contribution in [0.4, 0.5) is 0 Å². The number of aliphatic carboxylic acids is 1. The molecule has 0 aliphatic heterocycles. The third kappa shape index (κ3) is 2.70. The molecule has 0 rings (SSSR count). The number of carboxylic acids is 1. The molecule has 0 aliphatic rings. The number of carboxylic acid groups (broad SMARTS) is 1. The van der Waals surface area contributed by atoms with E-state index in [1.165, 1.54) is 14.2 Å². The fourth-order valence-corrected chi connectivity index (χ4v) is 0.463. The lowest BCUT2D eigenvalue weighted by Gasteiger charge is -2.00. The van der Waals surface area contributed by atoms with Crippen molar-refractivity contribution in [3.05, 3.63) is 11.5 Å². The predicted octanol–water partition coefficient (Wildman–Crippen LogP) is -0.412. The van der Waals surface area contributed by atoms with Crippen molar-refractivity contribution in [1.82, 2.24) is 0 Å². The molecule has 0 aromatic carbocycles. The maximum atomic E-state index is 10.4. The lowest BCUT2D eigenvalue weighted by molar-refractivity contribution is -0.132. The highest BCUT2D eigenvalue weighted by Crippen LogP contribution is 1.96. The van der Waals surface area contributed by atoms with E-state index in [0.29, 0.717) is 0 Å². The molecular weight excluding hydrogens is 148 g/mol. The quantitative estimate of drug-likeness (QED) is 0.332. The minimum absolute atomic E-state index is 0.144. The Bertz CT molecular complexity index is 208. The van der Waals surface area contributed by atoms with Crippen LogP contribution in [0.5, 0.6) is 0 Å². The smallest absolute Gasteiger partial charge is 0.342 e. The first kappa shape index (κ1) is 9.48. The molecule has 0 aliphatic carbocycles. The van der Waals surface area contributed by atoms with Crippen molar-refractivity contribution in [1.29, 1.82) is 0 Å². The summed E-state index contributed by atoms with van der Waals surface area (Å²) in [6.45, 7) is 0. The van der Waals surface area contributed by atoms with Gasteiger partial charge in [-0.25, -0.2) is 4.79 Å². The van der Waals surface area contributed by atoms with Crippen molar-refractivity contribution in [2.45, 2.75) is 0 Å². The zero-order valence-electron chi connectivity index (χ0n) is 6.37. The lowest BCUT2D eigenvalue weighted by atomic mass is 10.3. The summed E-state index contributed by atoms with van der Waals surface area (Å²) in [6.07, 6.45) is 1.13. The lowest BCUT2D eigenvalue weighted by Crippen LogP contribution is -2.12. The molecule has 0 fully saturated rings. The summed E-state index contributed by atoms with van der Waals surface area (Å²) in [5, 5.41) is 8.50. The number of carbonyl (C=O) groups is 1. The van der Waals surface area contributed by atoms with Gasteiger partial charge in [-0.15, -0.1) is 0 Å². The van der Waals surface area contributed by atoms with Gasteiger partial charge in [0.15, 0.2) is 5.88 Å². The Morgan fingerprint density at radius 2 is 2.27 bits per heavy atom. The monoisotopic (exact) mass is 158 g/mol. The zero-order valence-corrected chi connectivity index (χ0v) is 6.37. The third-order valence-corrected chi connectivity index (χ3v) is 0.974. The van der Waals surface area contributed by atoms with E-state index in [9.17, 15) is 4.79 Å². The molecule has 0 saturated carbocycles. The van der Waals surface area contributed by atoms with Crippen molar-refractivity contribution < 1.29 is 14.6 Å². The Labute approximate surface area is 64.2 Å². The van der Waals surface area contributed by atoms with Crippen molar-refractivity contribution in [3.63, 3.8) is 0 Å². The summed E-state index contributed by atoms with van der Waals surface area (Å²) in [4.78, 5) is 13.9. The summed E-state index contributed by atoms with van der Waals surface area (Å²) in [5.41, 5.74) is 5.05. The highest BCUT2D eigenvalue weighted by atomic mass is 16.5. The number of nitrogens with zero attached hydrogens (tertiary/aromatic N) is 1. The predicted molar refractivity (Wildman–Crippen MR) is 40.3 cm³/mol. The number of hydrogen-bond acceptors (Lipinski definition) is 4. The summed E-state index contributed by atoms with van der Waals surface area (Å²) in [6, 6.07) is 0. The number of hydrogen-bond donors (Lipinski definition) is 2. The summed E-state index contributed by atoms with van der Waals surface area (Å²) in [7, 11) is 2.74. The Morgan fingerprint density at radius 3 is 2.55 bits per heavy atom. The molecule has 0 atom stereocenters. The minimum Gasteiger partial charge on any atom is -0.482 e. The van der Waals surface area contributed by atoms with Crippen molar-refractivity contribution in [2.75, 3.05) is 14.2 Å². The molecule has 0 saturated heterocycles. The van der Waals surface area contributed by atoms with Gasteiger partial charge in [-0.1, -0.05) is 0 Å². The van der Waals surface area contributed by atoms with Crippen LogP contribution < -0.4 is 5.73 Å². The molecule has 3 N–H and O–H groups in total. The van der Waals surface area contributed by atoms with Crippen molar-refractivity contribution >= 4 is 12.2 Å². The van der Waals surface area contributed by atoms with E-state index in [-0.39, 0.29) is 11.5 Å². The van der Waals surface area contributed by atoms with E-state index in [1.54, 1.807) is 0 Å². The van der Waals surface area contributed by atoms with Gasteiger partial charge < -0.3 is 15.6 Å². The van der Waals surface area contributed by atoms with Crippen LogP contribution in [-0.2, 0) is 9.53 Å². The van der Waals surface area contributed by atoms with E-state index >= 15 is 0 Å². The van der Waals surface area contributed by atoms with Crippen molar-refractivity contribution in [3.8, 4) is 0 Å². The van der Waals surface area contributed by atoms with Gasteiger partial charge in [0, 0.05) is 13.3 Å². The Hall–Kier alpha value is -1.52. The first-order valence-corrected chi connectivity index (χ1v) is 2.82. The molecule has 0 radical (unpaired) electrons. The van der Waals surface area contributed by atoms with E-state index in [4.69, 9.17) is 10.8 Å². The van der Waals surface area contributed by atoms with Gasteiger partial charge in [-0.3, -0.25) is 4.99 Å². The molecule has 0 bridgehead atoms. The van der Waals surface area contributed by atoms with Gasteiger partial charge in [0.2, 0.25) is 0 Å². The molecular formula is C6H10N2O3. The minimum atomic E-state index is -1.16. The Balaban J connectivity index is 4.72. The largest absolute Gasteiger partial charge is 0.482 e. The van der Waals surface area contributed by atoms with Crippen LogP contribution in [0.3, 0.4) is 0 Å². The van der Waals surface area contributed by atoms with E-state index in [0.717, 1.165) is 6.21 Å². The highest BCUT2D eigenvalue weighted by molar-refractivity contribution is 6.08. The maximum Gasteiger partial charge on any atom is 0.342 e. The molecule has 0 heterocycles. The second-order valence-corrected chi connectivity index (χ2v) is 1.67. The fourth-order valence-electron chi connectivity index (χ4n) is 0.463. The standard InChI is InChI=1S/C6H10N2O3/c1-8-3-4(6(9)10)5(7)11-2/h3H,7H2,1-2H3,(H,9,10)/b5-4-,8-3?. The van der Waals surface area contributed by atoms with Gasteiger partial charge in [0.1, 0.15) is 5.57 Å². The summed E-state index contributed by atoms with van der Waals surface area (Å²) < 4.78 is 4.51. The molecule has 0 aromatic heterocycles. The molecule has 5 nitrogen and oxygen atoms in total. The normalized spacial score (nSPS) is 12.9. The van der Waals surface area contributed by atoms with Crippen LogP contribution in [0.15, 0.2) is 16.4 Å². The van der Waals surface area contributed by atoms with Crippen LogP contribution in [0.1, 0.15) is 0 Å². The number of ether oxygens (including phenoxy) is 1. The second kappa shape index (κ2) is 4.32. The molecule has 0 spiro atoms. The third-order valence-electron chi connectivity index (χ3n) is 0.974. The zero-order chi connectivity index (χ0) is 8.85. The molecule has 62 valence electrons. The van der Waals surface area contributed by atoms with Crippen LogP contribution in [0.2, 0.25) is 0 Å². The Morgan fingerprint density at radius 1 is 1.73 bits per heavy atom. The van der Waals surface area contributed by atoms with E-state index in [2.05, 4.69) is 9.73 Å². The number of rotatable bonds is 3. The Kier molecular flexibility index (Phi) is 3.72. The van der Waals surface area contributed by atoms with Gasteiger partial charge in [0.25, 0.3) is 0 Å². The topological polar surface area (TPSA) is 84.9 Å². The fraction of sp³-hybridized carbons (Fsp3) is 0.333. The average molecular weight is 158 g/mol. The van der Waals surface area contributed by atoms with Crippen LogP contribution >= 0.6 is 0 Å². The number of nitrogens with two attached hydrogens (primary N) is 1. The molecule has 5 heteroatoms. The summed E-state index contributed by atoms with van der Waals surface area (Å²) >= 11 is 0. The molecule has 0 aromatic rings. The number of aliphatic imine (C=N–C) groups is 1. The maximum absolute atomic E-state index is 10.4. The highest BCUT2D eigenvalue weighted by Gasteiger charge is 2.09. The van der Waals surface area contributed by atoms with Crippen LogP contribution in [0.25, 0.3) is 0 Å². The number of methoxy groups -OCH3 is 1. The van der Waals surface area contributed by atoms with Gasteiger partial charge in [0.05, 0.1) is 7.11 Å². The average Bonchev–Trinajstić information content (AvgIpc) is 1.98. The van der Waals surface area contributed by atoms with Gasteiger partial charge in [-0.05, 0) is 0 Å². The van der Waals surface area contributed by atoms with E-state index < -0.39 is 5.97 Å². The molecule has 0 amide bonds. The second-order valence-electron chi connectivity index (χ2n) is 1.67. The van der Waals surface area contributed by atoms with Crippen LogP contribution in [-0.4, -0.2) is 31.4 Å². The SMILES string of the molecule is CN=C/C(C(=O)O)=C(\N)OC. The first-order valence-electron chi connectivity index (χ1n) is 2.82. The molecule has 0 unspecified atom stereocenters. The van der Waals surface area contributed by atoms with Crippen LogP contribution in [0, 0.1) is 0 Å². The summed E-state index contributed by atoms with van der Waals surface area (Å²) in [5.74, 6) is -1.31. The van der Waals surface area contributed by atoms with Gasteiger partial charge >= 0.3 is 5.97 Å².